The zero-order chi connectivity index (χ0) is 20.9. The number of hydrogen-bond acceptors (Lipinski definition) is 4. The molecular formula is C21H18F3N3O2. The third-order valence-electron chi connectivity index (χ3n) is 3.99. The Hall–Kier alpha value is -3.42. The number of carbonyl (C=O) groups is 1. The van der Waals surface area contributed by atoms with Crippen LogP contribution in [0.5, 0.6) is 5.75 Å². The number of pyridine rings is 2. The first kappa shape index (κ1) is 20.3. The van der Waals surface area contributed by atoms with Gasteiger partial charge >= 0.3 is 6.18 Å². The summed E-state index contributed by atoms with van der Waals surface area (Å²) >= 11 is 0. The lowest BCUT2D eigenvalue weighted by Crippen LogP contribution is -2.25. The Kier molecular flexibility index (Phi) is 6.11. The van der Waals surface area contributed by atoms with Crippen LogP contribution in [0.3, 0.4) is 0 Å². The van der Waals surface area contributed by atoms with Crippen molar-refractivity contribution in [3.05, 3.63) is 72.2 Å². The number of carbonyl (C=O) groups excluding carboxylic acids is 1. The molecule has 2 heterocycles. The van der Waals surface area contributed by atoms with Gasteiger partial charge in [-0.1, -0.05) is 24.3 Å². The van der Waals surface area contributed by atoms with Gasteiger partial charge in [0.2, 0.25) is 5.91 Å². The maximum Gasteiger partial charge on any atom is 0.422 e. The van der Waals surface area contributed by atoms with Crippen LogP contribution in [-0.4, -0.2) is 28.7 Å². The number of nitrogens with one attached hydrogen (secondary N) is 1. The van der Waals surface area contributed by atoms with Crippen molar-refractivity contribution in [2.75, 3.05) is 6.61 Å². The SMILES string of the molecule is C[C@@H](NC(=O)C=Cc1ccc2ccccc2n1)c1ccc(OCC(F)(F)F)cn1. The molecule has 29 heavy (non-hydrogen) atoms. The number of aromatic nitrogens is 2. The van der Waals surface area contributed by atoms with Crippen LogP contribution in [-0.2, 0) is 4.79 Å². The highest BCUT2D eigenvalue weighted by molar-refractivity contribution is 5.92. The molecule has 0 saturated heterocycles. The van der Waals surface area contributed by atoms with Crippen molar-refractivity contribution in [2.24, 2.45) is 0 Å². The molecule has 3 rings (SSSR count). The zero-order valence-corrected chi connectivity index (χ0v) is 15.5. The summed E-state index contributed by atoms with van der Waals surface area (Å²) < 4.78 is 41.1. The minimum atomic E-state index is -4.41. The van der Waals surface area contributed by atoms with Gasteiger partial charge in [-0.05, 0) is 37.3 Å². The van der Waals surface area contributed by atoms with Gasteiger partial charge < -0.3 is 10.1 Å². The van der Waals surface area contributed by atoms with Gasteiger partial charge in [0, 0.05) is 11.5 Å². The number of rotatable bonds is 6. The van der Waals surface area contributed by atoms with Crippen molar-refractivity contribution in [3.63, 3.8) is 0 Å². The van der Waals surface area contributed by atoms with Gasteiger partial charge in [-0.2, -0.15) is 13.2 Å². The number of hydrogen-bond donors (Lipinski definition) is 1. The van der Waals surface area contributed by atoms with Crippen molar-refractivity contribution in [1.29, 1.82) is 0 Å². The number of amides is 1. The standard InChI is InChI=1S/C21H18F3N3O2/c1-14(18-10-9-17(12-25-18)29-13-21(22,23)24)26-20(28)11-8-16-7-6-15-4-2-3-5-19(15)27-16/h2-12,14H,13H2,1H3,(H,26,28)/t14-/m1/s1. The molecule has 0 saturated carbocycles. The summed E-state index contributed by atoms with van der Waals surface area (Å²) in [4.78, 5) is 20.6. The molecule has 1 aromatic carbocycles. The Morgan fingerprint density at radius 1 is 1.17 bits per heavy atom. The maximum atomic E-state index is 12.2. The zero-order valence-electron chi connectivity index (χ0n) is 15.5. The normalized spacial score (nSPS) is 12.8. The Morgan fingerprint density at radius 3 is 2.69 bits per heavy atom. The lowest BCUT2D eigenvalue weighted by atomic mass is 10.2. The monoisotopic (exact) mass is 401 g/mol. The van der Waals surface area contributed by atoms with Crippen LogP contribution in [0.25, 0.3) is 17.0 Å². The van der Waals surface area contributed by atoms with E-state index in [0.29, 0.717) is 11.4 Å². The van der Waals surface area contributed by atoms with E-state index in [9.17, 15) is 18.0 Å². The Balaban J connectivity index is 1.57. The van der Waals surface area contributed by atoms with Crippen LogP contribution in [0.4, 0.5) is 13.2 Å². The van der Waals surface area contributed by atoms with Gasteiger partial charge in [-0.15, -0.1) is 0 Å². The first-order valence-electron chi connectivity index (χ1n) is 8.80. The molecule has 0 aliphatic rings. The van der Waals surface area contributed by atoms with E-state index in [1.54, 1.807) is 13.0 Å². The minimum absolute atomic E-state index is 0.00637. The number of fused-ring (bicyclic) bond motifs is 1. The summed E-state index contributed by atoms with van der Waals surface area (Å²) in [6.07, 6.45) is -0.241. The van der Waals surface area contributed by atoms with Gasteiger partial charge in [0.05, 0.1) is 29.1 Å². The molecule has 0 aliphatic carbocycles. The quantitative estimate of drug-likeness (QED) is 0.620. The highest BCUT2D eigenvalue weighted by Gasteiger charge is 2.28. The van der Waals surface area contributed by atoms with Crippen LogP contribution < -0.4 is 10.1 Å². The highest BCUT2D eigenvalue weighted by atomic mass is 19.4. The number of benzene rings is 1. The van der Waals surface area contributed by atoms with E-state index in [0.717, 1.165) is 10.9 Å². The molecule has 0 fully saturated rings. The van der Waals surface area contributed by atoms with Crippen molar-refractivity contribution < 1.29 is 22.7 Å². The van der Waals surface area contributed by atoms with Crippen LogP contribution >= 0.6 is 0 Å². The fourth-order valence-electron chi connectivity index (χ4n) is 2.57. The number of halogens is 3. The van der Waals surface area contributed by atoms with Crippen LogP contribution in [0.1, 0.15) is 24.4 Å². The van der Waals surface area contributed by atoms with E-state index < -0.39 is 18.8 Å². The Bertz CT molecular complexity index is 1020. The average Bonchev–Trinajstić information content (AvgIpc) is 2.70. The first-order valence-corrected chi connectivity index (χ1v) is 8.80. The summed E-state index contributed by atoms with van der Waals surface area (Å²) in [7, 11) is 0. The highest BCUT2D eigenvalue weighted by Crippen LogP contribution is 2.19. The predicted molar refractivity (Wildman–Crippen MR) is 103 cm³/mol. The number of nitrogens with zero attached hydrogens (tertiary/aromatic N) is 2. The molecule has 1 atom stereocenters. The molecule has 0 unspecified atom stereocenters. The van der Waals surface area contributed by atoms with E-state index >= 15 is 0 Å². The number of ether oxygens (including phenoxy) is 1. The molecule has 3 aromatic rings. The second-order valence-corrected chi connectivity index (χ2v) is 6.32. The summed E-state index contributed by atoms with van der Waals surface area (Å²) in [6, 6.07) is 13.9. The summed E-state index contributed by atoms with van der Waals surface area (Å²) in [5.74, 6) is -0.335. The number of alkyl halides is 3. The Labute approximate surface area is 165 Å². The third kappa shape index (κ3) is 6.03. The molecule has 0 spiro atoms. The molecule has 8 heteroatoms. The Morgan fingerprint density at radius 2 is 1.97 bits per heavy atom. The van der Waals surface area contributed by atoms with Crippen LogP contribution in [0.15, 0.2) is 60.8 Å². The first-order chi connectivity index (χ1) is 13.8. The van der Waals surface area contributed by atoms with Gasteiger partial charge in [0.1, 0.15) is 5.75 Å². The topological polar surface area (TPSA) is 64.1 Å². The molecule has 0 aliphatic heterocycles. The van der Waals surface area contributed by atoms with Crippen molar-refractivity contribution in [2.45, 2.75) is 19.1 Å². The second kappa shape index (κ2) is 8.72. The van der Waals surface area contributed by atoms with Gasteiger partial charge in [0.25, 0.3) is 0 Å². The predicted octanol–water partition coefficient (Wildman–Crippen LogP) is 4.46. The molecule has 0 radical (unpaired) electrons. The van der Waals surface area contributed by atoms with Crippen LogP contribution in [0.2, 0.25) is 0 Å². The lowest BCUT2D eigenvalue weighted by Gasteiger charge is -2.13. The van der Waals surface area contributed by atoms with Crippen molar-refractivity contribution in [1.82, 2.24) is 15.3 Å². The van der Waals surface area contributed by atoms with E-state index in [1.165, 1.54) is 24.4 Å². The molecule has 5 nitrogen and oxygen atoms in total. The van der Waals surface area contributed by atoms with Gasteiger partial charge in [0.15, 0.2) is 6.61 Å². The van der Waals surface area contributed by atoms with E-state index in [2.05, 4.69) is 20.0 Å². The molecular weight excluding hydrogens is 383 g/mol. The summed E-state index contributed by atoms with van der Waals surface area (Å²) in [5.41, 5.74) is 1.98. The smallest absolute Gasteiger partial charge is 0.422 e. The lowest BCUT2D eigenvalue weighted by molar-refractivity contribution is -0.153. The molecule has 2 aromatic heterocycles. The largest absolute Gasteiger partial charge is 0.483 e. The molecule has 0 bridgehead atoms. The average molecular weight is 401 g/mol. The molecule has 1 N–H and O–H groups in total. The van der Waals surface area contributed by atoms with E-state index in [1.807, 2.05) is 36.4 Å². The maximum absolute atomic E-state index is 12.2. The minimum Gasteiger partial charge on any atom is -0.483 e. The summed E-state index contributed by atoms with van der Waals surface area (Å²) in [5, 5.41) is 3.75. The van der Waals surface area contributed by atoms with Crippen molar-refractivity contribution >= 4 is 22.9 Å². The third-order valence-corrected chi connectivity index (χ3v) is 3.99. The fourth-order valence-corrected chi connectivity index (χ4v) is 2.57. The number of para-hydroxylation sites is 1. The van der Waals surface area contributed by atoms with E-state index in [-0.39, 0.29) is 11.7 Å². The van der Waals surface area contributed by atoms with Gasteiger partial charge in [-0.3, -0.25) is 9.78 Å². The van der Waals surface area contributed by atoms with Crippen LogP contribution in [0, 0.1) is 0 Å². The van der Waals surface area contributed by atoms with Crippen molar-refractivity contribution in [3.8, 4) is 5.75 Å². The second-order valence-electron chi connectivity index (χ2n) is 6.32. The van der Waals surface area contributed by atoms with E-state index in [4.69, 9.17) is 0 Å². The molecule has 1 amide bonds. The fraction of sp³-hybridized carbons (Fsp3) is 0.190. The van der Waals surface area contributed by atoms with Gasteiger partial charge in [-0.25, -0.2) is 4.98 Å². The summed E-state index contributed by atoms with van der Waals surface area (Å²) in [6.45, 7) is 0.340. The molecule has 150 valence electrons.